The Bertz CT molecular complexity index is 838. The summed E-state index contributed by atoms with van der Waals surface area (Å²) >= 11 is 5.92. The largest absolute Gasteiger partial charge is 0.302 e. The number of amides is 1. The van der Waals surface area contributed by atoms with Crippen LogP contribution in [-0.2, 0) is 14.8 Å². The first-order valence-electron chi connectivity index (χ1n) is 7.35. The number of nitrogens with one attached hydrogen (secondary N) is 1. The summed E-state index contributed by atoms with van der Waals surface area (Å²) in [6, 6.07) is 3.33. The number of hydrogen-bond donors (Lipinski definition) is 1. The molecule has 0 radical (unpaired) electrons. The fraction of sp³-hybridized carbons (Fsp3) is 0.429. The summed E-state index contributed by atoms with van der Waals surface area (Å²) in [7, 11) is -3.47. The predicted octanol–water partition coefficient (Wildman–Crippen LogP) is 3.31. The van der Waals surface area contributed by atoms with Gasteiger partial charge in [-0.05, 0) is 47.8 Å². The number of rotatable bonds is 4. The van der Waals surface area contributed by atoms with Crippen LogP contribution in [0.3, 0.4) is 0 Å². The quantitative estimate of drug-likeness (QED) is 0.775. The van der Waals surface area contributed by atoms with Gasteiger partial charge in [-0.3, -0.25) is 4.79 Å². The molecular weight excluding hydrogens is 434 g/mol. The zero-order valence-corrected chi connectivity index (χ0v) is 16.9. The van der Waals surface area contributed by atoms with E-state index in [1.165, 1.54) is 27.0 Å². The molecule has 0 aliphatic carbocycles. The molecular formula is C14H16BrN3O3S3. The van der Waals surface area contributed by atoms with Crippen LogP contribution in [0.4, 0.5) is 5.13 Å². The van der Waals surface area contributed by atoms with Crippen LogP contribution in [0.2, 0.25) is 0 Å². The van der Waals surface area contributed by atoms with Gasteiger partial charge in [0.2, 0.25) is 5.91 Å². The average Bonchev–Trinajstić information content (AvgIpc) is 3.16. The van der Waals surface area contributed by atoms with Gasteiger partial charge in [0, 0.05) is 30.1 Å². The van der Waals surface area contributed by atoms with Crippen LogP contribution >= 0.6 is 38.6 Å². The summed E-state index contributed by atoms with van der Waals surface area (Å²) in [5.74, 6) is -0.268. The van der Waals surface area contributed by atoms with E-state index in [0.29, 0.717) is 35.3 Å². The number of halogens is 1. The SMILES string of the molecule is Cc1cnc(NC(=O)C2CCN(S(=O)(=O)c3ccc(Br)s3)CC2)s1. The number of aryl methyl sites for hydroxylation is 1. The van der Waals surface area contributed by atoms with Crippen LogP contribution in [0.25, 0.3) is 0 Å². The molecule has 24 heavy (non-hydrogen) atoms. The smallest absolute Gasteiger partial charge is 0.252 e. The van der Waals surface area contributed by atoms with Crippen molar-refractivity contribution in [2.75, 3.05) is 18.4 Å². The first-order valence-corrected chi connectivity index (χ1v) is 11.2. The van der Waals surface area contributed by atoms with E-state index in [0.717, 1.165) is 8.66 Å². The van der Waals surface area contributed by atoms with Crippen LogP contribution < -0.4 is 5.32 Å². The Hall–Kier alpha value is -0.810. The molecule has 0 atom stereocenters. The van der Waals surface area contributed by atoms with Gasteiger partial charge in [0.05, 0.1) is 3.79 Å². The number of carbonyl (C=O) groups excluding carboxylic acids is 1. The highest BCUT2D eigenvalue weighted by molar-refractivity contribution is 9.11. The highest BCUT2D eigenvalue weighted by Gasteiger charge is 2.33. The molecule has 1 N–H and O–H groups in total. The summed E-state index contributed by atoms with van der Waals surface area (Å²) in [4.78, 5) is 17.4. The van der Waals surface area contributed by atoms with Crippen molar-refractivity contribution in [3.63, 3.8) is 0 Å². The highest BCUT2D eigenvalue weighted by Crippen LogP contribution is 2.31. The lowest BCUT2D eigenvalue weighted by atomic mass is 9.97. The molecule has 0 aromatic carbocycles. The summed E-state index contributed by atoms with van der Waals surface area (Å²) in [5.41, 5.74) is 0. The second-order valence-electron chi connectivity index (χ2n) is 5.50. The number of aromatic nitrogens is 1. The Morgan fingerprint density at radius 3 is 2.58 bits per heavy atom. The lowest BCUT2D eigenvalue weighted by molar-refractivity contribution is -0.120. The zero-order valence-electron chi connectivity index (χ0n) is 12.9. The van der Waals surface area contributed by atoms with Crippen molar-refractivity contribution in [2.45, 2.75) is 24.0 Å². The van der Waals surface area contributed by atoms with Crippen molar-refractivity contribution in [1.29, 1.82) is 0 Å². The van der Waals surface area contributed by atoms with Gasteiger partial charge < -0.3 is 5.32 Å². The van der Waals surface area contributed by atoms with Crippen LogP contribution in [0.1, 0.15) is 17.7 Å². The second-order valence-corrected chi connectivity index (χ2v) is 11.4. The van der Waals surface area contributed by atoms with Gasteiger partial charge in [0.15, 0.2) is 5.13 Å². The Kier molecular flexibility index (Phi) is 5.40. The molecule has 2 aromatic rings. The molecule has 2 aromatic heterocycles. The fourth-order valence-electron chi connectivity index (χ4n) is 2.54. The molecule has 0 spiro atoms. The van der Waals surface area contributed by atoms with E-state index in [1.54, 1.807) is 18.3 Å². The first-order chi connectivity index (χ1) is 11.4. The molecule has 1 saturated heterocycles. The van der Waals surface area contributed by atoms with Crippen molar-refractivity contribution in [3.05, 3.63) is 27.0 Å². The minimum Gasteiger partial charge on any atom is -0.302 e. The molecule has 0 unspecified atom stereocenters. The molecule has 1 amide bonds. The number of thiophene rings is 1. The normalized spacial score (nSPS) is 17.1. The maximum atomic E-state index is 12.6. The maximum Gasteiger partial charge on any atom is 0.252 e. The van der Waals surface area contributed by atoms with E-state index in [4.69, 9.17) is 0 Å². The predicted molar refractivity (Wildman–Crippen MR) is 99.0 cm³/mol. The number of anilines is 1. The standard InChI is InChI=1S/C14H16BrN3O3S3/c1-9-8-16-14(22-9)17-13(19)10-4-6-18(7-5-10)24(20,21)12-3-2-11(15)23-12/h2-3,8,10H,4-7H2,1H3,(H,16,17,19). The van der Waals surface area contributed by atoms with E-state index in [2.05, 4.69) is 26.2 Å². The fourth-order valence-corrected chi connectivity index (χ4v) is 6.84. The zero-order chi connectivity index (χ0) is 17.3. The van der Waals surface area contributed by atoms with Crippen molar-refractivity contribution in [1.82, 2.24) is 9.29 Å². The van der Waals surface area contributed by atoms with E-state index in [-0.39, 0.29) is 11.8 Å². The molecule has 0 bridgehead atoms. The average molecular weight is 450 g/mol. The van der Waals surface area contributed by atoms with Crippen molar-refractivity contribution >= 4 is 59.7 Å². The minimum absolute atomic E-state index is 0.0831. The van der Waals surface area contributed by atoms with Crippen LogP contribution in [0.15, 0.2) is 26.3 Å². The molecule has 0 saturated carbocycles. The Morgan fingerprint density at radius 1 is 1.33 bits per heavy atom. The van der Waals surface area contributed by atoms with Crippen molar-refractivity contribution in [3.8, 4) is 0 Å². The molecule has 1 fully saturated rings. The van der Waals surface area contributed by atoms with Gasteiger partial charge in [-0.15, -0.1) is 22.7 Å². The lowest BCUT2D eigenvalue weighted by Crippen LogP contribution is -2.41. The Labute approximate surface area is 157 Å². The molecule has 3 rings (SSSR count). The number of hydrogen-bond acceptors (Lipinski definition) is 6. The molecule has 3 heterocycles. The van der Waals surface area contributed by atoms with E-state index < -0.39 is 10.0 Å². The van der Waals surface area contributed by atoms with Gasteiger partial charge in [-0.2, -0.15) is 4.31 Å². The molecule has 6 nitrogen and oxygen atoms in total. The monoisotopic (exact) mass is 449 g/mol. The van der Waals surface area contributed by atoms with Crippen LogP contribution in [0.5, 0.6) is 0 Å². The highest BCUT2D eigenvalue weighted by atomic mass is 79.9. The lowest BCUT2D eigenvalue weighted by Gasteiger charge is -2.29. The molecule has 130 valence electrons. The topological polar surface area (TPSA) is 79.4 Å². The van der Waals surface area contributed by atoms with Gasteiger partial charge >= 0.3 is 0 Å². The number of nitrogens with zero attached hydrogens (tertiary/aromatic N) is 2. The summed E-state index contributed by atoms with van der Waals surface area (Å²) in [5, 5.41) is 3.41. The van der Waals surface area contributed by atoms with E-state index >= 15 is 0 Å². The van der Waals surface area contributed by atoms with Gasteiger partial charge in [0.25, 0.3) is 10.0 Å². The van der Waals surface area contributed by atoms with Crippen LogP contribution in [-0.4, -0.2) is 36.7 Å². The minimum atomic E-state index is -3.47. The van der Waals surface area contributed by atoms with Gasteiger partial charge in [0.1, 0.15) is 4.21 Å². The summed E-state index contributed by atoms with van der Waals surface area (Å²) in [6.07, 6.45) is 2.75. The number of piperidine rings is 1. The van der Waals surface area contributed by atoms with Crippen LogP contribution in [0, 0.1) is 12.8 Å². The van der Waals surface area contributed by atoms with Crippen molar-refractivity contribution < 1.29 is 13.2 Å². The number of carbonyl (C=O) groups is 1. The third-order valence-electron chi connectivity index (χ3n) is 3.82. The van der Waals surface area contributed by atoms with E-state index in [1.807, 2.05) is 6.92 Å². The van der Waals surface area contributed by atoms with E-state index in [9.17, 15) is 13.2 Å². The number of sulfonamides is 1. The van der Waals surface area contributed by atoms with Gasteiger partial charge in [-0.1, -0.05) is 0 Å². The number of thiazole rings is 1. The van der Waals surface area contributed by atoms with Gasteiger partial charge in [-0.25, -0.2) is 13.4 Å². The molecule has 10 heteroatoms. The third kappa shape index (κ3) is 3.88. The summed E-state index contributed by atoms with van der Waals surface area (Å²) in [6.45, 7) is 2.64. The maximum absolute atomic E-state index is 12.6. The second kappa shape index (κ2) is 7.20. The van der Waals surface area contributed by atoms with Crippen molar-refractivity contribution in [2.24, 2.45) is 5.92 Å². The Balaban J connectivity index is 1.60. The third-order valence-corrected chi connectivity index (χ3v) is 8.64. The molecule has 1 aliphatic heterocycles. The Morgan fingerprint density at radius 2 is 2.04 bits per heavy atom. The first kappa shape index (κ1) is 18.0. The summed E-state index contributed by atoms with van der Waals surface area (Å²) < 4.78 is 27.7. The molecule has 1 aliphatic rings.